The number of aromatic nitrogens is 2. The number of rotatable bonds is 0. The van der Waals surface area contributed by atoms with Gasteiger partial charge in [0, 0.05) is 0 Å². The molecule has 2 aromatic rings. The molecule has 1 heterocycles. The van der Waals surface area contributed by atoms with E-state index in [0.717, 1.165) is 11.0 Å². The van der Waals surface area contributed by atoms with Crippen molar-refractivity contribution >= 4 is 11.0 Å². The second-order valence-corrected chi connectivity index (χ2v) is 1.92. The fourth-order valence-electron chi connectivity index (χ4n) is 0.880. The quantitative estimate of drug-likeness (QED) is 0.542. The Morgan fingerprint density at radius 3 is 2.33 bits per heavy atom. The topological polar surface area (TPSA) is 123 Å². The van der Waals surface area contributed by atoms with Gasteiger partial charge in [-0.2, -0.15) is 0 Å². The normalized spacial score (nSPS) is 7.67. The summed E-state index contributed by atoms with van der Waals surface area (Å²) in [6.07, 6.45) is 1.70. The summed E-state index contributed by atoms with van der Waals surface area (Å²) in [4.78, 5) is 7.07. The number of hydrogen-bond acceptors (Lipinski definition) is 1. The number of aromatic amines is 1. The first-order valence-corrected chi connectivity index (χ1v) is 2.85. The summed E-state index contributed by atoms with van der Waals surface area (Å²) in [6, 6.07) is 7.94. The lowest BCUT2D eigenvalue weighted by Crippen LogP contribution is -1.63. The maximum absolute atomic E-state index is 4.06. The summed E-state index contributed by atoms with van der Waals surface area (Å²) in [5.41, 5.74) is 2.12. The molecule has 0 amide bonds. The van der Waals surface area contributed by atoms with Crippen molar-refractivity contribution in [2.45, 2.75) is 0 Å². The van der Waals surface area contributed by atoms with Crippen molar-refractivity contribution in [1.29, 1.82) is 0 Å². The minimum Gasteiger partial charge on any atom is -0.412 e. The summed E-state index contributed by atoms with van der Waals surface area (Å²) in [6.45, 7) is 0. The van der Waals surface area contributed by atoms with Gasteiger partial charge in [-0.05, 0) is 12.1 Å². The largest absolute Gasteiger partial charge is 0.412 e. The van der Waals surface area contributed by atoms with Crippen LogP contribution in [0.25, 0.3) is 11.0 Å². The molecule has 0 saturated heterocycles. The predicted molar refractivity (Wildman–Crippen MR) is 46.9 cm³/mol. The van der Waals surface area contributed by atoms with E-state index in [0.29, 0.717) is 0 Å². The predicted octanol–water partition coefficient (Wildman–Crippen LogP) is -0.911. The highest BCUT2D eigenvalue weighted by Crippen LogP contribution is 2.05. The molecule has 0 unspecified atom stereocenters. The molecule has 0 bridgehead atoms. The molecular formula is C7H12N2O3. The molecule has 0 aliphatic heterocycles. The Morgan fingerprint density at radius 2 is 1.67 bits per heavy atom. The molecule has 0 fully saturated rings. The molecule has 1 aromatic heterocycles. The third-order valence-electron chi connectivity index (χ3n) is 1.33. The van der Waals surface area contributed by atoms with Crippen LogP contribution in [0.4, 0.5) is 0 Å². The monoisotopic (exact) mass is 172 g/mol. The van der Waals surface area contributed by atoms with E-state index in [2.05, 4.69) is 9.97 Å². The van der Waals surface area contributed by atoms with Gasteiger partial charge in [0.2, 0.25) is 0 Å². The van der Waals surface area contributed by atoms with E-state index in [1.54, 1.807) is 6.33 Å². The van der Waals surface area contributed by atoms with Crippen LogP contribution >= 0.6 is 0 Å². The molecule has 5 heteroatoms. The lowest BCUT2D eigenvalue weighted by molar-refractivity contribution is 0.823. The van der Waals surface area contributed by atoms with Crippen LogP contribution in [0.5, 0.6) is 0 Å². The molecule has 0 saturated carbocycles. The van der Waals surface area contributed by atoms with Crippen LogP contribution in [0, 0.1) is 0 Å². The van der Waals surface area contributed by atoms with Gasteiger partial charge >= 0.3 is 0 Å². The van der Waals surface area contributed by atoms with Gasteiger partial charge in [-0.3, -0.25) is 0 Å². The minimum atomic E-state index is 0. The van der Waals surface area contributed by atoms with Crippen molar-refractivity contribution < 1.29 is 16.4 Å². The molecule has 68 valence electrons. The van der Waals surface area contributed by atoms with Gasteiger partial charge in [0.05, 0.1) is 17.4 Å². The van der Waals surface area contributed by atoms with E-state index in [-0.39, 0.29) is 16.4 Å². The summed E-state index contributed by atoms with van der Waals surface area (Å²) in [5.74, 6) is 0. The first-order chi connectivity index (χ1) is 4.47. The average molecular weight is 172 g/mol. The summed E-state index contributed by atoms with van der Waals surface area (Å²) in [5, 5.41) is 0. The standard InChI is InChI=1S/C7H6N2.3H2O/c1-2-4-7-6(3-1)8-5-9-7;;;/h1-5H,(H,8,9);3*1H2. The number of para-hydroxylation sites is 2. The second kappa shape index (κ2) is 5.25. The molecular weight excluding hydrogens is 160 g/mol. The minimum absolute atomic E-state index is 0. The number of H-pyrrole nitrogens is 1. The Hall–Kier alpha value is -1.43. The first-order valence-electron chi connectivity index (χ1n) is 2.85. The van der Waals surface area contributed by atoms with Crippen molar-refractivity contribution in [3.63, 3.8) is 0 Å². The van der Waals surface area contributed by atoms with Crippen molar-refractivity contribution in [2.75, 3.05) is 0 Å². The van der Waals surface area contributed by atoms with Gasteiger partial charge < -0.3 is 21.4 Å². The van der Waals surface area contributed by atoms with Crippen LogP contribution in [-0.2, 0) is 0 Å². The van der Waals surface area contributed by atoms with Gasteiger partial charge in [0.15, 0.2) is 0 Å². The number of nitrogens with one attached hydrogen (secondary N) is 1. The fourth-order valence-corrected chi connectivity index (χ4v) is 0.880. The summed E-state index contributed by atoms with van der Waals surface area (Å²) < 4.78 is 0. The summed E-state index contributed by atoms with van der Waals surface area (Å²) >= 11 is 0. The zero-order valence-corrected chi connectivity index (χ0v) is 6.33. The Morgan fingerprint density at radius 1 is 1.00 bits per heavy atom. The number of hydrogen-bond donors (Lipinski definition) is 1. The Labute approximate surface area is 69.0 Å². The van der Waals surface area contributed by atoms with Crippen molar-refractivity contribution in [3.8, 4) is 0 Å². The molecule has 7 N–H and O–H groups in total. The van der Waals surface area contributed by atoms with E-state index in [1.165, 1.54) is 0 Å². The third kappa shape index (κ3) is 2.03. The van der Waals surface area contributed by atoms with Crippen LogP contribution in [0.15, 0.2) is 30.6 Å². The smallest absolute Gasteiger partial charge is 0.0931 e. The highest BCUT2D eigenvalue weighted by molar-refractivity contribution is 5.73. The van der Waals surface area contributed by atoms with Crippen LogP contribution in [0.2, 0.25) is 0 Å². The maximum Gasteiger partial charge on any atom is 0.0931 e. The zero-order chi connectivity index (χ0) is 6.10. The molecule has 0 aliphatic rings. The number of nitrogens with zero attached hydrogens (tertiary/aromatic N) is 1. The lowest BCUT2D eigenvalue weighted by Gasteiger charge is -1.81. The van der Waals surface area contributed by atoms with E-state index >= 15 is 0 Å². The lowest BCUT2D eigenvalue weighted by atomic mass is 10.3. The highest BCUT2D eigenvalue weighted by Gasteiger charge is 1.88. The average Bonchev–Trinajstić information content (AvgIpc) is 2.33. The van der Waals surface area contributed by atoms with Crippen LogP contribution < -0.4 is 0 Å². The van der Waals surface area contributed by atoms with Crippen LogP contribution in [0.3, 0.4) is 0 Å². The number of imidazole rings is 1. The molecule has 2 rings (SSSR count). The third-order valence-corrected chi connectivity index (χ3v) is 1.33. The molecule has 0 atom stereocenters. The Kier molecular flexibility index (Phi) is 5.77. The Balaban J connectivity index is 0. The highest BCUT2D eigenvalue weighted by atomic mass is 16.0. The van der Waals surface area contributed by atoms with E-state index in [9.17, 15) is 0 Å². The fraction of sp³-hybridized carbons (Fsp3) is 0. The van der Waals surface area contributed by atoms with Gasteiger partial charge in [-0.15, -0.1) is 0 Å². The second-order valence-electron chi connectivity index (χ2n) is 1.92. The molecule has 0 aliphatic carbocycles. The molecule has 5 nitrogen and oxygen atoms in total. The van der Waals surface area contributed by atoms with E-state index < -0.39 is 0 Å². The number of fused-ring (bicyclic) bond motifs is 1. The van der Waals surface area contributed by atoms with Gasteiger partial charge in [0.1, 0.15) is 0 Å². The number of benzene rings is 1. The molecule has 0 spiro atoms. The van der Waals surface area contributed by atoms with Gasteiger partial charge in [0.25, 0.3) is 0 Å². The van der Waals surface area contributed by atoms with Crippen LogP contribution in [-0.4, -0.2) is 26.4 Å². The van der Waals surface area contributed by atoms with Gasteiger partial charge in [-0.1, -0.05) is 12.1 Å². The van der Waals surface area contributed by atoms with E-state index in [4.69, 9.17) is 0 Å². The van der Waals surface area contributed by atoms with Crippen molar-refractivity contribution in [3.05, 3.63) is 30.6 Å². The van der Waals surface area contributed by atoms with Crippen molar-refractivity contribution in [1.82, 2.24) is 9.97 Å². The molecule has 1 aromatic carbocycles. The van der Waals surface area contributed by atoms with Crippen LogP contribution in [0.1, 0.15) is 0 Å². The zero-order valence-electron chi connectivity index (χ0n) is 6.33. The van der Waals surface area contributed by atoms with E-state index in [1.807, 2.05) is 24.3 Å². The Bertz CT molecular complexity index is 291. The maximum atomic E-state index is 4.06. The SMILES string of the molecule is O.O.O.c1ccc2[nH]cnc2c1. The molecule has 0 radical (unpaired) electrons. The van der Waals surface area contributed by atoms with Crippen molar-refractivity contribution in [2.24, 2.45) is 0 Å². The summed E-state index contributed by atoms with van der Waals surface area (Å²) in [7, 11) is 0. The van der Waals surface area contributed by atoms with Gasteiger partial charge in [-0.25, -0.2) is 4.98 Å². The first kappa shape index (κ1) is 13.2. The molecule has 12 heavy (non-hydrogen) atoms.